The van der Waals surface area contributed by atoms with E-state index in [0.29, 0.717) is 39.0 Å². The monoisotopic (exact) mass is 515 g/mol. The Morgan fingerprint density at radius 3 is 2.19 bits per heavy atom. The highest BCUT2D eigenvalue weighted by atomic mass is 35.5. The minimum Gasteiger partial charge on any atom is -0.300 e. The van der Waals surface area contributed by atoms with Crippen molar-refractivity contribution in [3.8, 4) is 0 Å². The maximum Gasteiger partial charge on any atom is 0.270 e. The molecule has 0 spiro atoms. The number of nitro groups is 1. The van der Waals surface area contributed by atoms with E-state index in [-0.39, 0.29) is 10.6 Å². The molecule has 11 heteroatoms. The van der Waals surface area contributed by atoms with E-state index in [1.807, 2.05) is 0 Å². The predicted molar refractivity (Wildman–Crippen MR) is 126 cm³/mol. The van der Waals surface area contributed by atoms with Crippen LogP contribution in [0.5, 0.6) is 0 Å². The van der Waals surface area contributed by atoms with Gasteiger partial charge in [0.1, 0.15) is 4.90 Å². The van der Waals surface area contributed by atoms with Crippen LogP contribution in [-0.2, 0) is 10.0 Å². The van der Waals surface area contributed by atoms with Gasteiger partial charge in [0.2, 0.25) is 10.0 Å². The number of hydrogen-bond donors (Lipinski definition) is 0. The number of non-ortho nitro benzene ring substituents is 1. The van der Waals surface area contributed by atoms with Gasteiger partial charge in [0.15, 0.2) is 0 Å². The zero-order valence-electron chi connectivity index (χ0n) is 17.2. The molecule has 0 unspecified atom stereocenters. The van der Waals surface area contributed by atoms with Gasteiger partial charge in [-0.2, -0.15) is 4.31 Å². The Balaban J connectivity index is 1.62. The van der Waals surface area contributed by atoms with E-state index >= 15 is 0 Å². The van der Waals surface area contributed by atoms with Crippen LogP contribution in [0.3, 0.4) is 0 Å². The summed E-state index contributed by atoms with van der Waals surface area (Å²) in [6.07, 6.45) is 3.92. The molecule has 2 fully saturated rings. The predicted octanol–water partition coefficient (Wildman–Crippen LogP) is 5.30. The molecule has 0 saturated carbocycles. The zero-order chi connectivity index (χ0) is 22.9. The molecule has 0 radical (unpaired) electrons. The second-order valence-electron chi connectivity index (χ2n) is 7.97. The molecule has 2 saturated heterocycles. The molecule has 0 bridgehead atoms. The fourth-order valence-electron chi connectivity index (χ4n) is 4.30. The first-order valence-corrected chi connectivity index (χ1v) is 13.4. The van der Waals surface area contributed by atoms with Gasteiger partial charge in [-0.05, 0) is 63.0 Å². The highest BCUT2D eigenvalue weighted by Gasteiger charge is 2.34. The lowest BCUT2D eigenvalue weighted by molar-refractivity contribution is -0.385. The smallest absolute Gasteiger partial charge is 0.270 e. The Labute approximate surface area is 201 Å². The van der Waals surface area contributed by atoms with Crippen molar-refractivity contribution in [1.29, 1.82) is 0 Å². The van der Waals surface area contributed by atoms with Crippen LogP contribution in [0.2, 0.25) is 10.0 Å². The van der Waals surface area contributed by atoms with Gasteiger partial charge in [-0.15, -0.1) is 0 Å². The summed E-state index contributed by atoms with van der Waals surface area (Å²) in [6.45, 7) is 2.95. The SMILES string of the molecule is O=[N+]([O-])c1ccc(Sc2cc(Cl)cc(Cl)c2)c(S(=O)(=O)N2CCC(N3CCCC3)CC2)c1. The molecule has 0 atom stereocenters. The standard InChI is InChI=1S/C21H23Cl2N3O4S2/c22-15-11-16(23)13-19(12-15)31-20-4-3-18(26(27)28)14-21(20)32(29,30)25-9-5-17(6-10-25)24-7-1-2-8-24/h3-4,11-14,17H,1-2,5-10H2. The van der Waals surface area contributed by atoms with Crippen LogP contribution in [0.4, 0.5) is 5.69 Å². The van der Waals surface area contributed by atoms with Gasteiger partial charge < -0.3 is 4.90 Å². The minimum atomic E-state index is -3.91. The van der Waals surface area contributed by atoms with Gasteiger partial charge in [0, 0.05) is 51.1 Å². The highest BCUT2D eigenvalue weighted by molar-refractivity contribution is 8.00. The number of nitro benzene ring substituents is 1. The number of nitrogens with zero attached hydrogens (tertiary/aromatic N) is 3. The lowest BCUT2D eigenvalue weighted by Gasteiger charge is -2.36. The van der Waals surface area contributed by atoms with E-state index in [2.05, 4.69) is 4.90 Å². The molecule has 0 amide bonds. The minimum absolute atomic E-state index is 0.0626. The number of piperidine rings is 1. The van der Waals surface area contributed by atoms with Crippen LogP contribution in [0.15, 0.2) is 51.1 Å². The Bertz CT molecular complexity index is 1100. The molecule has 7 nitrogen and oxygen atoms in total. The van der Waals surface area contributed by atoms with Gasteiger partial charge in [-0.1, -0.05) is 35.0 Å². The first-order valence-electron chi connectivity index (χ1n) is 10.4. The molecule has 0 aliphatic carbocycles. The van der Waals surface area contributed by atoms with Gasteiger partial charge in [-0.25, -0.2) is 8.42 Å². The van der Waals surface area contributed by atoms with Crippen molar-refractivity contribution in [2.45, 2.75) is 46.4 Å². The Morgan fingerprint density at radius 1 is 0.969 bits per heavy atom. The fourth-order valence-corrected chi connectivity index (χ4v) is 7.88. The summed E-state index contributed by atoms with van der Waals surface area (Å²) in [6, 6.07) is 9.28. The van der Waals surface area contributed by atoms with Crippen molar-refractivity contribution < 1.29 is 13.3 Å². The second kappa shape index (κ2) is 9.87. The molecule has 2 aliphatic heterocycles. The van der Waals surface area contributed by atoms with E-state index in [4.69, 9.17) is 23.2 Å². The first kappa shape index (κ1) is 23.8. The fraction of sp³-hybridized carbons (Fsp3) is 0.429. The average Bonchev–Trinajstić information content (AvgIpc) is 3.28. The number of rotatable bonds is 6. The van der Waals surface area contributed by atoms with Crippen molar-refractivity contribution in [2.75, 3.05) is 26.2 Å². The zero-order valence-corrected chi connectivity index (χ0v) is 20.4. The van der Waals surface area contributed by atoms with Gasteiger partial charge in [0.05, 0.1) is 4.92 Å². The Morgan fingerprint density at radius 2 is 1.59 bits per heavy atom. The quantitative estimate of drug-likeness (QED) is 0.383. The third-order valence-electron chi connectivity index (χ3n) is 5.90. The Kier molecular flexibility index (Phi) is 7.33. The van der Waals surface area contributed by atoms with E-state index in [1.165, 1.54) is 41.0 Å². The van der Waals surface area contributed by atoms with E-state index in [0.717, 1.165) is 32.0 Å². The molecule has 32 heavy (non-hydrogen) atoms. The summed E-state index contributed by atoms with van der Waals surface area (Å²) in [4.78, 5) is 14.2. The van der Waals surface area contributed by atoms with Crippen LogP contribution < -0.4 is 0 Å². The largest absolute Gasteiger partial charge is 0.300 e. The number of benzene rings is 2. The van der Waals surface area contributed by atoms with Gasteiger partial charge in [0.25, 0.3) is 5.69 Å². The molecular formula is C21H23Cl2N3O4S2. The Hall–Kier alpha value is -1.36. The van der Waals surface area contributed by atoms with E-state index in [1.54, 1.807) is 18.2 Å². The lowest BCUT2D eigenvalue weighted by Crippen LogP contribution is -2.45. The normalized spacial score (nSPS) is 18.8. The number of likely N-dealkylation sites (tertiary alicyclic amines) is 1. The van der Waals surface area contributed by atoms with Crippen molar-refractivity contribution in [2.24, 2.45) is 0 Å². The molecule has 2 aromatic carbocycles. The molecule has 2 aliphatic rings. The average molecular weight is 516 g/mol. The summed E-state index contributed by atoms with van der Waals surface area (Å²) >= 11 is 13.3. The molecule has 0 N–H and O–H groups in total. The molecule has 2 aromatic rings. The molecule has 0 aromatic heterocycles. The van der Waals surface area contributed by atoms with Crippen LogP contribution in [0, 0.1) is 10.1 Å². The van der Waals surface area contributed by atoms with Crippen molar-refractivity contribution in [1.82, 2.24) is 9.21 Å². The van der Waals surface area contributed by atoms with E-state index in [9.17, 15) is 18.5 Å². The molecule has 172 valence electrons. The van der Waals surface area contributed by atoms with Crippen LogP contribution in [0.1, 0.15) is 25.7 Å². The third-order valence-corrected chi connectivity index (χ3v) is 9.45. The van der Waals surface area contributed by atoms with Crippen LogP contribution >= 0.6 is 35.0 Å². The van der Waals surface area contributed by atoms with Gasteiger partial charge in [-0.3, -0.25) is 10.1 Å². The summed E-state index contributed by atoms with van der Waals surface area (Å²) in [5.74, 6) is 0. The summed E-state index contributed by atoms with van der Waals surface area (Å²) in [7, 11) is -3.91. The van der Waals surface area contributed by atoms with Gasteiger partial charge >= 0.3 is 0 Å². The van der Waals surface area contributed by atoms with Crippen LogP contribution in [-0.4, -0.2) is 54.8 Å². The van der Waals surface area contributed by atoms with Crippen molar-refractivity contribution in [3.63, 3.8) is 0 Å². The summed E-state index contributed by atoms with van der Waals surface area (Å²) in [5, 5.41) is 12.2. The maximum absolute atomic E-state index is 13.6. The molecule has 4 rings (SSSR count). The third kappa shape index (κ3) is 5.24. The topological polar surface area (TPSA) is 83.8 Å². The number of hydrogen-bond acceptors (Lipinski definition) is 6. The van der Waals surface area contributed by atoms with E-state index < -0.39 is 14.9 Å². The highest BCUT2D eigenvalue weighted by Crippen LogP contribution is 2.39. The molecule has 2 heterocycles. The second-order valence-corrected chi connectivity index (χ2v) is 11.9. The number of sulfonamides is 1. The van der Waals surface area contributed by atoms with Crippen molar-refractivity contribution in [3.05, 3.63) is 56.6 Å². The first-order chi connectivity index (χ1) is 15.2. The summed E-state index contributed by atoms with van der Waals surface area (Å²) < 4.78 is 28.6. The number of halogens is 2. The lowest BCUT2D eigenvalue weighted by atomic mass is 10.1. The van der Waals surface area contributed by atoms with Crippen LogP contribution in [0.25, 0.3) is 0 Å². The molecular weight excluding hydrogens is 493 g/mol. The van der Waals surface area contributed by atoms with Crippen molar-refractivity contribution >= 4 is 50.7 Å². The summed E-state index contributed by atoms with van der Waals surface area (Å²) in [5.41, 5.74) is -0.260. The maximum atomic E-state index is 13.6.